The molecule has 4 rings (SSSR count). The lowest BCUT2D eigenvalue weighted by molar-refractivity contribution is -0.130. The van der Waals surface area contributed by atoms with E-state index in [4.69, 9.17) is 0 Å². The molecule has 0 radical (unpaired) electrons. The minimum atomic E-state index is -0.111. The van der Waals surface area contributed by atoms with E-state index in [9.17, 15) is 9.59 Å². The van der Waals surface area contributed by atoms with E-state index >= 15 is 0 Å². The summed E-state index contributed by atoms with van der Waals surface area (Å²) in [7, 11) is 0. The van der Waals surface area contributed by atoms with Crippen LogP contribution in [-0.4, -0.2) is 48.4 Å². The van der Waals surface area contributed by atoms with E-state index in [0.717, 1.165) is 6.42 Å². The molecule has 1 aromatic carbocycles. The number of carbonyl (C=O) groups excluding carboxylic acids is 1. The van der Waals surface area contributed by atoms with Crippen LogP contribution in [0.5, 0.6) is 0 Å². The van der Waals surface area contributed by atoms with Crippen molar-refractivity contribution in [3.8, 4) is 0 Å². The number of amides is 1. The normalized spacial score (nSPS) is 17.3. The van der Waals surface area contributed by atoms with Crippen molar-refractivity contribution in [2.45, 2.75) is 25.4 Å². The Bertz CT molecular complexity index is 949. The van der Waals surface area contributed by atoms with Gasteiger partial charge in [-0.2, -0.15) is 0 Å². The molecule has 1 amide bonds. The van der Waals surface area contributed by atoms with Crippen LogP contribution in [0.3, 0.4) is 0 Å². The number of hydrogen-bond acceptors (Lipinski definition) is 5. The third-order valence-corrected chi connectivity index (χ3v) is 4.63. The first-order valence-electron chi connectivity index (χ1n) is 8.30. The lowest BCUT2D eigenvalue weighted by Crippen LogP contribution is -2.31. The van der Waals surface area contributed by atoms with Crippen LogP contribution < -0.4 is 5.56 Å². The fourth-order valence-electron chi connectivity index (χ4n) is 3.24. The molecule has 8 nitrogen and oxygen atoms in total. The molecule has 0 saturated carbocycles. The van der Waals surface area contributed by atoms with Crippen LogP contribution in [0.2, 0.25) is 0 Å². The van der Waals surface area contributed by atoms with E-state index in [1.54, 1.807) is 23.0 Å². The summed E-state index contributed by atoms with van der Waals surface area (Å²) in [6, 6.07) is 7.40. The van der Waals surface area contributed by atoms with E-state index in [-0.39, 0.29) is 23.9 Å². The molecular weight excluding hydrogens is 320 g/mol. The number of benzene rings is 1. The first-order chi connectivity index (χ1) is 12.2. The van der Waals surface area contributed by atoms with Gasteiger partial charge in [0.25, 0.3) is 5.56 Å². The van der Waals surface area contributed by atoms with Crippen LogP contribution in [0, 0.1) is 0 Å². The van der Waals surface area contributed by atoms with Gasteiger partial charge in [-0.15, -0.1) is 5.10 Å². The maximum atomic E-state index is 12.5. The number of rotatable bonds is 4. The molecule has 1 atom stereocenters. The zero-order chi connectivity index (χ0) is 17.2. The first kappa shape index (κ1) is 15.5. The molecule has 0 aliphatic carbocycles. The van der Waals surface area contributed by atoms with E-state index in [2.05, 4.69) is 15.3 Å². The maximum Gasteiger partial charge on any atom is 0.261 e. The molecule has 0 bridgehead atoms. The number of hydrogen-bond donors (Lipinski definition) is 0. The number of nitrogens with zero attached hydrogens (tertiary/aromatic N) is 6. The SMILES string of the molecule is O=C(CCn1cnc2ccccc2c1=O)N1CCC(n2ccnn2)C1. The topological polar surface area (TPSA) is 85.9 Å². The van der Waals surface area contributed by atoms with Gasteiger partial charge < -0.3 is 4.90 Å². The molecule has 3 heterocycles. The Labute approximate surface area is 143 Å². The van der Waals surface area contributed by atoms with Crippen molar-refractivity contribution in [3.05, 3.63) is 53.3 Å². The standard InChI is InChI=1S/C17H18N6O2/c24-16(21-8-5-13(11-21)23-10-7-19-20-23)6-9-22-12-18-15-4-2-1-3-14(15)17(22)25/h1-4,7,10,12-13H,5-6,8-9,11H2. The van der Waals surface area contributed by atoms with Gasteiger partial charge in [0.15, 0.2) is 0 Å². The van der Waals surface area contributed by atoms with Gasteiger partial charge in [-0.1, -0.05) is 17.3 Å². The van der Waals surface area contributed by atoms with Crippen molar-refractivity contribution in [1.29, 1.82) is 0 Å². The van der Waals surface area contributed by atoms with Crippen LogP contribution >= 0.6 is 0 Å². The van der Waals surface area contributed by atoms with Crippen LogP contribution in [-0.2, 0) is 11.3 Å². The third-order valence-electron chi connectivity index (χ3n) is 4.63. The van der Waals surface area contributed by atoms with Crippen molar-refractivity contribution < 1.29 is 4.79 Å². The van der Waals surface area contributed by atoms with Gasteiger partial charge in [-0.3, -0.25) is 14.2 Å². The predicted octanol–water partition coefficient (Wildman–Crippen LogP) is 0.852. The highest BCUT2D eigenvalue weighted by molar-refractivity contribution is 5.77. The smallest absolute Gasteiger partial charge is 0.261 e. The fourth-order valence-corrected chi connectivity index (χ4v) is 3.24. The molecule has 1 aliphatic heterocycles. The van der Waals surface area contributed by atoms with E-state index < -0.39 is 0 Å². The summed E-state index contributed by atoms with van der Waals surface area (Å²) >= 11 is 0. The van der Waals surface area contributed by atoms with Gasteiger partial charge >= 0.3 is 0 Å². The second-order valence-corrected chi connectivity index (χ2v) is 6.18. The molecule has 0 spiro atoms. The van der Waals surface area contributed by atoms with Gasteiger partial charge in [0.2, 0.25) is 5.91 Å². The number of aromatic nitrogens is 5. The highest BCUT2D eigenvalue weighted by atomic mass is 16.2. The highest BCUT2D eigenvalue weighted by Gasteiger charge is 2.27. The third kappa shape index (κ3) is 3.02. The molecule has 3 aromatic rings. The number of likely N-dealkylation sites (tertiary alicyclic amines) is 1. The highest BCUT2D eigenvalue weighted by Crippen LogP contribution is 2.20. The molecule has 1 saturated heterocycles. The Morgan fingerprint density at radius 2 is 2.16 bits per heavy atom. The van der Waals surface area contributed by atoms with Crippen LogP contribution in [0.15, 0.2) is 47.8 Å². The minimum Gasteiger partial charge on any atom is -0.340 e. The van der Waals surface area contributed by atoms with E-state index in [1.807, 2.05) is 23.2 Å². The molecule has 0 N–H and O–H groups in total. The first-order valence-corrected chi connectivity index (χ1v) is 8.30. The molecule has 2 aromatic heterocycles. The zero-order valence-electron chi connectivity index (χ0n) is 13.7. The van der Waals surface area contributed by atoms with Crippen molar-refractivity contribution >= 4 is 16.8 Å². The quantitative estimate of drug-likeness (QED) is 0.704. The summed E-state index contributed by atoms with van der Waals surface area (Å²) in [5, 5.41) is 8.39. The number of fused-ring (bicyclic) bond motifs is 1. The Hall–Kier alpha value is -3.03. The van der Waals surface area contributed by atoms with Gasteiger partial charge in [0.1, 0.15) is 0 Å². The number of para-hydroxylation sites is 1. The predicted molar refractivity (Wildman–Crippen MR) is 90.9 cm³/mol. The lowest BCUT2D eigenvalue weighted by atomic mass is 10.2. The Balaban J connectivity index is 1.41. The Kier molecular flexibility index (Phi) is 4.01. The number of aryl methyl sites for hydroxylation is 1. The second kappa shape index (κ2) is 6.46. The molecule has 1 unspecified atom stereocenters. The summed E-state index contributed by atoms with van der Waals surface area (Å²) in [6.45, 7) is 1.67. The van der Waals surface area contributed by atoms with Gasteiger partial charge in [-0.05, 0) is 18.6 Å². The fraction of sp³-hybridized carbons (Fsp3) is 0.353. The van der Waals surface area contributed by atoms with Crippen molar-refractivity contribution in [3.63, 3.8) is 0 Å². The second-order valence-electron chi connectivity index (χ2n) is 6.18. The minimum absolute atomic E-state index is 0.0441. The lowest BCUT2D eigenvalue weighted by Gasteiger charge is -2.17. The molecule has 1 aliphatic rings. The summed E-state index contributed by atoms with van der Waals surface area (Å²) < 4.78 is 3.30. The molecule has 25 heavy (non-hydrogen) atoms. The average Bonchev–Trinajstić information content (AvgIpc) is 3.32. The van der Waals surface area contributed by atoms with E-state index in [1.165, 1.54) is 10.9 Å². The Morgan fingerprint density at radius 1 is 1.28 bits per heavy atom. The molecular formula is C17H18N6O2. The maximum absolute atomic E-state index is 12.5. The summed E-state index contributed by atoms with van der Waals surface area (Å²) in [6.07, 6.45) is 6.12. The summed E-state index contributed by atoms with van der Waals surface area (Å²) in [4.78, 5) is 31.0. The number of carbonyl (C=O) groups is 1. The van der Waals surface area contributed by atoms with Crippen molar-refractivity contribution in [1.82, 2.24) is 29.4 Å². The van der Waals surface area contributed by atoms with Crippen LogP contribution in [0.4, 0.5) is 0 Å². The summed E-state index contributed by atoms with van der Waals surface area (Å²) in [5.41, 5.74) is 0.561. The van der Waals surface area contributed by atoms with Gasteiger partial charge in [-0.25, -0.2) is 9.67 Å². The van der Waals surface area contributed by atoms with Crippen molar-refractivity contribution in [2.24, 2.45) is 0 Å². The van der Waals surface area contributed by atoms with Crippen LogP contribution in [0.1, 0.15) is 18.9 Å². The molecule has 1 fully saturated rings. The molecule has 128 valence electrons. The van der Waals surface area contributed by atoms with Gasteiger partial charge in [0, 0.05) is 32.3 Å². The Morgan fingerprint density at radius 3 is 3.00 bits per heavy atom. The van der Waals surface area contributed by atoms with Gasteiger partial charge in [0.05, 0.1) is 29.5 Å². The largest absolute Gasteiger partial charge is 0.340 e. The average molecular weight is 338 g/mol. The van der Waals surface area contributed by atoms with Crippen molar-refractivity contribution in [2.75, 3.05) is 13.1 Å². The molecule has 8 heteroatoms. The zero-order valence-corrected chi connectivity index (χ0v) is 13.7. The van der Waals surface area contributed by atoms with Crippen LogP contribution in [0.25, 0.3) is 10.9 Å². The monoisotopic (exact) mass is 338 g/mol. The van der Waals surface area contributed by atoms with E-state index in [0.29, 0.717) is 30.5 Å². The summed E-state index contributed by atoms with van der Waals surface area (Å²) in [5.74, 6) is 0.0441.